The first kappa shape index (κ1) is 13.3. The number of nitrogens with zero attached hydrogens (tertiary/aromatic N) is 1. The predicted molar refractivity (Wildman–Crippen MR) is 72.2 cm³/mol. The molecule has 0 radical (unpaired) electrons. The van der Waals surface area contributed by atoms with Gasteiger partial charge in [-0.1, -0.05) is 18.2 Å². The molecule has 0 saturated heterocycles. The summed E-state index contributed by atoms with van der Waals surface area (Å²) in [6, 6.07) is 7.44. The Kier molecular flexibility index (Phi) is 3.11. The van der Waals surface area contributed by atoms with Crippen molar-refractivity contribution in [3.8, 4) is 0 Å². The number of hydrogen-bond acceptors (Lipinski definition) is 4. The molecule has 1 aliphatic heterocycles. The second-order valence-electron chi connectivity index (χ2n) is 5.53. The number of fused-ring (bicyclic) bond motifs is 2. The van der Waals surface area contributed by atoms with Gasteiger partial charge in [-0.25, -0.2) is 0 Å². The summed E-state index contributed by atoms with van der Waals surface area (Å²) < 4.78 is 0. The van der Waals surface area contributed by atoms with Gasteiger partial charge in [-0.2, -0.15) is 0 Å². The Bertz CT molecular complexity index is 557. The van der Waals surface area contributed by atoms with Crippen LogP contribution in [0.15, 0.2) is 24.3 Å². The molecule has 0 bridgehead atoms. The van der Waals surface area contributed by atoms with Gasteiger partial charge in [0.15, 0.2) is 6.29 Å². The van der Waals surface area contributed by atoms with Crippen molar-refractivity contribution in [3.05, 3.63) is 29.8 Å². The highest BCUT2D eigenvalue weighted by molar-refractivity contribution is 6.09. The van der Waals surface area contributed by atoms with E-state index in [1.54, 1.807) is 0 Å². The number of aliphatic hydroxyl groups excluding tert-OH is 1. The van der Waals surface area contributed by atoms with Gasteiger partial charge >= 0.3 is 0 Å². The van der Waals surface area contributed by atoms with Crippen LogP contribution in [0.4, 0.5) is 5.69 Å². The highest BCUT2D eigenvalue weighted by atomic mass is 16.5. The summed E-state index contributed by atoms with van der Waals surface area (Å²) in [4.78, 5) is 25.7. The van der Waals surface area contributed by atoms with E-state index in [0.29, 0.717) is 25.7 Å². The summed E-state index contributed by atoms with van der Waals surface area (Å²) in [6.45, 7) is -0.133. The second kappa shape index (κ2) is 4.68. The van der Waals surface area contributed by atoms with Gasteiger partial charge in [-0.05, 0) is 24.5 Å². The van der Waals surface area contributed by atoms with Crippen LogP contribution in [-0.2, 0) is 15.0 Å². The van der Waals surface area contributed by atoms with Gasteiger partial charge in [-0.3, -0.25) is 9.59 Å². The normalized spacial score (nSPS) is 20.9. The number of para-hydroxylation sites is 1. The van der Waals surface area contributed by atoms with Crippen LogP contribution in [0.3, 0.4) is 0 Å². The molecule has 0 aromatic heterocycles. The summed E-state index contributed by atoms with van der Waals surface area (Å²) in [7, 11) is 0. The number of rotatable bonds is 2. The van der Waals surface area contributed by atoms with E-state index in [0.717, 1.165) is 11.3 Å². The van der Waals surface area contributed by atoms with E-state index in [4.69, 9.17) is 0 Å². The van der Waals surface area contributed by atoms with E-state index in [2.05, 4.69) is 0 Å². The molecular formula is C15H17NO4. The molecule has 1 saturated carbocycles. The largest absolute Gasteiger partial charge is 0.367 e. The molecule has 0 unspecified atom stereocenters. The van der Waals surface area contributed by atoms with Crippen molar-refractivity contribution in [2.24, 2.45) is 0 Å². The van der Waals surface area contributed by atoms with Crippen LogP contribution in [0.2, 0.25) is 0 Å². The third-order valence-corrected chi connectivity index (χ3v) is 4.37. The topological polar surface area (TPSA) is 77.8 Å². The monoisotopic (exact) mass is 275 g/mol. The number of carbonyl (C=O) groups is 2. The zero-order valence-electron chi connectivity index (χ0n) is 11.1. The lowest BCUT2D eigenvalue weighted by Gasteiger charge is -2.32. The number of carbonyl (C=O) groups excluding carboxylic acids is 2. The molecule has 5 nitrogen and oxygen atoms in total. The van der Waals surface area contributed by atoms with Crippen molar-refractivity contribution in [1.82, 2.24) is 0 Å². The number of Topliss-reactive ketones (excluding diaryl/α,β-unsaturated/α-hetero) is 1. The molecular weight excluding hydrogens is 258 g/mol. The van der Waals surface area contributed by atoms with Crippen LogP contribution >= 0.6 is 0 Å². The maximum atomic E-state index is 12.8. The van der Waals surface area contributed by atoms with E-state index in [9.17, 15) is 19.8 Å². The molecule has 5 heteroatoms. The predicted octanol–water partition coefficient (Wildman–Crippen LogP) is 0.725. The molecule has 106 valence electrons. The maximum absolute atomic E-state index is 12.8. The molecule has 20 heavy (non-hydrogen) atoms. The number of β-amino-alcohol motifs (C(OH)–C–C–N with tert-alkyl or cyclic N) is 2. The molecule has 1 fully saturated rings. The third kappa shape index (κ3) is 1.85. The van der Waals surface area contributed by atoms with Crippen LogP contribution in [0, 0.1) is 0 Å². The minimum absolute atomic E-state index is 0.112. The number of hydrogen-bond donors (Lipinski definition) is 2. The molecule has 3 rings (SSSR count). The Morgan fingerprint density at radius 3 is 2.45 bits per heavy atom. The van der Waals surface area contributed by atoms with Crippen molar-refractivity contribution in [2.45, 2.75) is 37.4 Å². The standard InChI is InChI=1S/C15H17NO4/c17-10-5-7-15(8-6-10)11-3-1-2-4-12(11)16(14(15)20)9-13(18)19/h1-4,13,18-19H,5-9H2. The number of aliphatic hydroxyl groups is 2. The fraction of sp³-hybridized carbons (Fsp3) is 0.467. The van der Waals surface area contributed by atoms with Crippen LogP contribution in [0.25, 0.3) is 0 Å². The van der Waals surface area contributed by atoms with Crippen molar-refractivity contribution in [2.75, 3.05) is 11.4 Å². The molecule has 1 aliphatic carbocycles. The zero-order chi connectivity index (χ0) is 14.3. The first-order valence-electron chi connectivity index (χ1n) is 6.84. The maximum Gasteiger partial charge on any atom is 0.237 e. The zero-order valence-corrected chi connectivity index (χ0v) is 11.1. The number of anilines is 1. The van der Waals surface area contributed by atoms with E-state index in [1.807, 2.05) is 24.3 Å². The van der Waals surface area contributed by atoms with Gasteiger partial charge < -0.3 is 15.1 Å². The number of amides is 1. The number of benzene rings is 1. The Morgan fingerprint density at radius 1 is 1.15 bits per heavy atom. The minimum Gasteiger partial charge on any atom is -0.367 e. The summed E-state index contributed by atoms with van der Waals surface area (Å²) >= 11 is 0. The molecule has 1 heterocycles. The lowest BCUT2D eigenvalue weighted by Crippen LogP contribution is -2.45. The Morgan fingerprint density at radius 2 is 1.80 bits per heavy atom. The summed E-state index contributed by atoms with van der Waals surface area (Å²) in [5.74, 6) is 0.0841. The van der Waals surface area contributed by atoms with Crippen LogP contribution in [-0.4, -0.2) is 34.7 Å². The average molecular weight is 275 g/mol. The SMILES string of the molecule is O=C1CCC2(CC1)C(=O)N(CC(O)O)c1ccccc12. The van der Waals surface area contributed by atoms with Gasteiger partial charge in [0.05, 0.1) is 12.0 Å². The highest BCUT2D eigenvalue weighted by Crippen LogP contribution is 2.49. The first-order chi connectivity index (χ1) is 9.54. The van der Waals surface area contributed by atoms with Crippen LogP contribution < -0.4 is 4.90 Å². The lowest BCUT2D eigenvalue weighted by atomic mass is 9.70. The fourth-order valence-electron chi connectivity index (χ4n) is 3.38. The molecule has 1 aromatic rings. The Balaban J connectivity index is 2.04. The lowest BCUT2D eigenvalue weighted by molar-refractivity contribution is -0.128. The first-order valence-corrected chi connectivity index (χ1v) is 6.84. The Hall–Kier alpha value is -1.72. The van der Waals surface area contributed by atoms with Crippen LogP contribution in [0.5, 0.6) is 0 Å². The van der Waals surface area contributed by atoms with Crippen molar-refractivity contribution >= 4 is 17.4 Å². The molecule has 1 amide bonds. The summed E-state index contributed by atoms with van der Waals surface area (Å²) in [5.41, 5.74) is 0.998. The molecule has 0 atom stereocenters. The van der Waals surface area contributed by atoms with Crippen molar-refractivity contribution in [3.63, 3.8) is 0 Å². The third-order valence-electron chi connectivity index (χ3n) is 4.37. The number of ketones is 1. The van der Waals surface area contributed by atoms with Crippen LogP contribution in [0.1, 0.15) is 31.2 Å². The smallest absolute Gasteiger partial charge is 0.237 e. The summed E-state index contributed by atoms with van der Waals surface area (Å²) in [5, 5.41) is 18.4. The molecule has 2 aliphatic rings. The van der Waals surface area contributed by atoms with E-state index >= 15 is 0 Å². The molecule has 1 aromatic carbocycles. The fourth-order valence-corrected chi connectivity index (χ4v) is 3.38. The van der Waals surface area contributed by atoms with Gasteiger partial charge in [0.25, 0.3) is 0 Å². The van der Waals surface area contributed by atoms with Gasteiger partial charge in [0.2, 0.25) is 5.91 Å². The second-order valence-corrected chi connectivity index (χ2v) is 5.53. The van der Waals surface area contributed by atoms with Crippen molar-refractivity contribution < 1.29 is 19.8 Å². The van der Waals surface area contributed by atoms with Gasteiger partial charge in [-0.15, -0.1) is 0 Å². The van der Waals surface area contributed by atoms with Gasteiger partial charge in [0.1, 0.15) is 5.78 Å². The van der Waals surface area contributed by atoms with Crippen molar-refractivity contribution in [1.29, 1.82) is 0 Å². The summed E-state index contributed by atoms with van der Waals surface area (Å²) in [6.07, 6.45) is 0.289. The quantitative estimate of drug-likeness (QED) is 0.780. The van der Waals surface area contributed by atoms with Gasteiger partial charge in [0, 0.05) is 18.5 Å². The van der Waals surface area contributed by atoms with E-state index in [1.165, 1.54) is 4.90 Å². The molecule has 2 N–H and O–H groups in total. The average Bonchev–Trinajstić information content (AvgIpc) is 2.65. The minimum atomic E-state index is -1.56. The Labute approximate surface area is 116 Å². The highest BCUT2D eigenvalue weighted by Gasteiger charge is 2.52. The van der Waals surface area contributed by atoms with E-state index in [-0.39, 0.29) is 18.2 Å². The van der Waals surface area contributed by atoms with E-state index < -0.39 is 11.7 Å². The molecule has 1 spiro atoms.